The van der Waals surface area contributed by atoms with E-state index >= 15 is 0 Å². The molecule has 0 aromatic heterocycles. The van der Waals surface area contributed by atoms with Crippen LogP contribution in [0.1, 0.15) is 34.3 Å². The molecule has 82 valence electrons. The van der Waals surface area contributed by atoms with Crippen LogP contribution in [0.3, 0.4) is 0 Å². The number of hydrogen-bond acceptors (Lipinski definition) is 1. The lowest BCUT2D eigenvalue weighted by atomic mass is 10.0. The van der Waals surface area contributed by atoms with Gasteiger partial charge in [0.15, 0.2) is 5.78 Å². The van der Waals surface area contributed by atoms with Crippen molar-refractivity contribution in [2.75, 3.05) is 0 Å². The van der Waals surface area contributed by atoms with E-state index in [9.17, 15) is 4.79 Å². The second-order valence-electron chi connectivity index (χ2n) is 4.28. The van der Waals surface area contributed by atoms with E-state index < -0.39 is 0 Å². The molecular formula is C15H16O. The van der Waals surface area contributed by atoms with Crippen molar-refractivity contribution in [3.05, 3.63) is 59.7 Å². The summed E-state index contributed by atoms with van der Waals surface area (Å²) in [5.74, 6) is 0.291. The van der Waals surface area contributed by atoms with Crippen LogP contribution in [0.15, 0.2) is 43.0 Å². The van der Waals surface area contributed by atoms with Crippen molar-refractivity contribution in [3.63, 3.8) is 0 Å². The smallest absolute Gasteiger partial charge is 0.163 e. The van der Waals surface area contributed by atoms with E-state index in [2.05, 4.69) is 25.3 Å². The molecule has 16 heavy (non-hydrogen) atoms. The zero-order chi connectivity index (χ0) is 11.5. The summed E-state index contributed by atoms with van der Waals surface area (Å²) < 4.78 is 0. The first-order valence-corrected chi connectivity index (χ1v) is 5.66. The lowest BCUT2D eigenvalue weighted by Gasteiger charge is -2.04. The van der Waals surface area contributed by atoms with Gasteiger partial charge in [-0.15, -0.1) is 0 Å². The van der Waals surface area contributed by atoms with Gasteiger partial charge in [-0.05, 0) is 36.5 Å². The van der Waals surface area contributed by atoms with Crippen molar-refractivity contribution < 1.29 is 4.79 Å². The van der Waals surface area contributed by atoms with Crippen LogP contribution in [0.2, 0.25) is 0 Å². The van der Waals surface area contributed by atoms with Gasteiger partial charge in [0.05, 0.1) is 0 Å². The minimum Gasteiger partial charge on any atom is -0.294 e. The number of Topliss-reactive ketones (excluding diaryl/α,β-unsaturated/α-hetero) is 1. The molecule has 1 aromatic rings. The van der Waals surface area contributed by atoms with E-state index in [1.807, 2.05) is 6.07 Å². The lowest BCUT2D eigenvalue weighted by Crippen LogP contribution is -1.94. The van der Waals surface area contributed by atoms with Crippen LogP contribution in [0.5, 0.6) is 0 Å². The number of aryl methyl sites for hydroxylation is 2. The molecule has 2 rings (SSSR count). The summed E-state index contributed by atoms with van der Waals surface area (Å²) in [6.07, 6.45) is 5.23. The minimum absolute atomic E-state index is 0.291. The first-order valence-electron chi connectivity index (χ1n) is 5.66. The number of carbonyl (C=O) groups excluding carboxylic acids is 1. The molecule has 1 aromatic carbocycles. The summed E-state index contributed by atoms with van der Waals surface area (Å²) >= 11 is 0. The van der Waals surface area contributed by atoms with Crippen LogP contribution < -0.4 is 0 Å². The number of hydrogen-bond donors (Lipinski definition) is 0. The maximum absolute atomic E-state index is 11.6. The fourth-order valence-corrected chi connectivity index (χ4v) is 2.05. The predicted molar refractivity (Wildman–Crippen MR) is 66.8 cm³/mol. The number of fused-ring (bicyclic) bond motifs is 1. The number of benzene rings is 1. The molecule has 0 radical (unpaired) electrons. The molecule has 1 nitrogen and oxygen atoms in total. The topological polar surface area (TPSA) is 17.1 Å². The largest absolute Gasteiger partial charge is 0.294 e. The molecule has 0 N–H and O–H groups in total. The van der Waals surface area contributed by atoms with Gasteiger partial charge in [0.1, 0.15) is 0 Å². The summed E-state index contributed by atoms with van der Waals surface area (Å²) in [5.41, 5.74) is 4.40. The molecule has 1 aliphatic rings. The molecule has 1 aliphatic carbocycles. The third-order valence-electron chi connectivity index (χ3n) is 3.12. The molecule has 0 bridgehead atoms. The van der Waals surface area contributed by atoms with E-state index in [0.29, 0.717) is 12.2 Å². The summed E-state index contributed by atoms with van der Waals surface area (Å²) in [5, 5.41) is 0. The Hall–Kier alpha value is -1.63. The van der Waals surface area contributed by atoms with Crippen molar-refractivity contribution in [3.8, 4) is 0 Å². The molecule has 0 fully saturated rings. The van der Waals surface area contributed by atoms with Gasteiger partial charge >= 0.3 is 0 Å². The molecule has 1 heteroatoms. The molecular weight excluding hydrogens is 196 g/mol. The van der Waals surface area contributed by atoms with Crippen molar-refractivity contribution in [2.24, 2.45) is 0 Å². The Bertz CT molecular complexity index is 455. The van der Waals surface area contributed by atoms with E-state index in [1.54, 1.807) is 6.08 Å². The molecule has 0 aliphatic heterocycles. The van der Waals surface area contributed by atoms with Gasteiger partial charge in [-0.1, -0.05) is 36.9 Å². The Morgan fingerprint density at radius 2 is 2.19 bits per heavy atom. The highest BCUT2D eigenvalue weighted by atomic mass is 16.1. The summed E-state index contributed by atoms with van der Waals surface area (Å²) in [4.78, 5) is 11.6. The highest BCUT2D eigenvalue weighted by Crippen LogP contribution is 2.23. The maximum atomic E-state index is 11.6. The van der Waals surface area contributed by atoms with Crippen molar-refractivity contribution >= 4 is 5.78 Å². The fraction of sp³-hybridized carbons (Fsp3) is 0.267. The van der Waals surface area contributed by atoms with Gasteiger partial charge in [0, 0.05) is 12.0 Å². The van der Waals surface area contributed by atoms with Crippen LogP contribution in [-0.4, -0.2) is 5.78 Å². The first-order chi connectivity index (χ1) is 7.70. The Morgan fingerprint density at radius 1 is 1.38 bits per heavy atom. The van der Waals surface area contributed by atoms with E-state index in [4.69, 9.17) is 0 Å². The summed E-state index contributed by atoms with van der Waals surface area (Å²) in [6.45, 7) is 7.58. The monoisotopic (exact) mass is 212 g/mol. The molecule has 0 unspecified atom stereocenters. The SMILES string of the molecule is C=CC(=C)CCc1ccc2c(c1)C(=O)CC2. The van der Waals surface area contributed by atoms with Gasteiger partial charge in [0.25, 0.3) is 0 Å². The second kappa shape index (κ2) is 4.48. The number of carbonyl (C=O) groups is 1. The van der Waals surface area contributed by atoms with Gasteiger partial charge in [-0.2, -0.15) is 0 Å². The van der Waals surface area contributed by atoms with Crippen LogP contribution in [0.4, 0.5) is 0 Å². The molecule has 0 atom stereocenters. The summed E-state index contributed by atoms with van der Waals surface area (Å²) in [7, 11) is 0. The molecule has 0 saturated heterocycles. The Balaban J connectivity index is 2.12. The normalized spacial score (nSPS) is 13.6. The van der Waals surface area contributed by atoms with Gasteiger partial charge < -0.3 is 0 Å². The third-order valence-corrected chi connectivity index (χ3v) is 3.12. The number of ketones is 1. The van der Waals surface area contributed by atoms with Crippen molar-refractivity contribution in [1.29, 1.82) is 0 Å². The van der Waals surface area contributed by atoms with Crippen molar-refractivity contribution in [1.82, 2.24) is 0 Å². The van der Waals surface area contributed by atoms with Gasteiger partial charge in [0.2, 0.25) is 0 Å². The maximum Gasteiger partial charge on any atom is 0.163 e. The second-order valence-corrected chi connectivity index (χ2v) is 4.28. The Morgan fingerprint density at radius 3 is 2.94 bits per heavy atom. The van der Waals surface area contributed by atoms with Crippen LogP contribution in [0.25, 0.3) is 0 Å². The van der Waals surface area contributed by atoms with Crippen LogP contribution >= 0.6 is 0 Å². The average molecular weight is 212 g/mol. The molecule has 0 heterocycles. The van der Waals surface area contributed by atoms with Gasteiger partial charge in [-0.25, -0.2) is 0 Å². The highest BCUT2D eigenvalue weighted by molar-refractivity contribution is 6.00. The third kappa shape index (κ3) is 2.13. The number of allylic oxidation sites excluding steroid dienone is 2. The Kier molecular flexibility index (Phi) is 3.04. The Labute approximate surface area is 96.5 Å². The fourth-order valence-electron chi connectivity index (χ4n) is 2.05. The van der Waals surface area contributed by atoms with E-state index in [1.165, 1.54) is 11.1 Å². The van der Waals surface area contributed by atoms with E-state index in [-0.39, 0.29) is 0 Å². The quantitative estimate of drug-likeness (QED) is 0.698. The van der Waals surface area contributed by atoms with E-state index in [0.717, 1.165) is 30.4 Å². The van der Waals surface area contributed by atoms with Crippen LogP contribution in [0, 0.1) is 0 Å². The van der Waals surface area contributed by atoms with Crippen LogP contribution in [-0.2, 0) is 12.8 Å². The number of rotatable bonds is 4. The standard InChI is InChI=1S/C15H16O/c1-3-11(2)4-5-12-6-7-13-8-9-15(16)14(13)10-12/h3,6-7,10H,1-2,4-5,8-9H2. The molecule has 0 saturated carbocycles. The summed E-state index contributed by atoms with van der Waals surface area (Å²) in [6, 6.07) is 6.25. The van der Waals surface area contributed by atoms with Gasteiger partial charge in [-0.3, -0.25) is 4.79 Å². The zero-order valence-corrected chi connectivity index (χ0v) is 9.46. The minimum atomic E-state index is 0.291. The highest BCUT2D eigenvalue weighted by Gasteiger charge is 2.18. The first kappa shape index (κ1) is 10.9. The average Bonchev–Trinajstić information content (AvgIpc) is 2.68. The van der Waals surface area contributed by atoms with Crippen molar-refractivity contribution in [2.45, 2.75) is 25.7 Å². The predicted octanol–water partition coefficient (Wildman–Crippen LogP) is 3.49. The molecule has 0 spiro atoms. The zero-order valence-electron chi connectivity index (χ0n) is 9.46. The lowest BCUT2D eigenvalue weighted by molar-refractivity contribution is 0.0994. The molecule has 0 amide bonds.